The second kappa shape index (κ2) is 6.76. The SMILES string of the molecule is CCC(NCOC(C)(C)C)c1nc(C(N)=O)ccc1F. The summed E-state index contributed by atoms with van der Waals surface area (Å²) in [6, 6.07) is 2.15. The van der Waals surface area contributed by atoms with Gasteiger partial charge in [0, 0.05) is 0 Å². The zero-order chi connectivity index (χ0) is 15.3. The number of aromatic nitrogens is 1. The van der Waals surface area contributed by atoms with Crippen molar-refractivity contribution in [3.63, 3.8) is 0 Å². The fourth-order valence-electron chi connectivity index (χ4n) is 1.63. The Morgan fingerprint density at radius 2 is 2.15 bits per heavy atom. The molecule has 1 aromatic rings. The van der Waals surface area contributed by atoms with E-state index in [1.165, 1.54) is 12.1 Å². The Morgan fingerprint density at radius 3 is 2.65 bits per heavy atom. The van der Waals surface area contributed by atoms with Gasteiger partial charge in [0.05, 0.1) is 24.1 Å². The first-order chi connectivity index (χ1) is 9.24. The van der Waals surface area contributed by atoms with Crippen molar-refractivity contribution in [2.24, 2.45) is 5.73 Å². The lowest BCUT2D eigenvalue weighted by Gasteiger charge is -2.23. The molecular formula is C14H22FN3O2. The molecule has 5 nitrogen and oxygen atoms in total. The standard InChI is InChI=1S/C14H22FN3O2/c1-5-10(17-8-20-14(2,3)4)12-9(15)6-7-11(18-12)13(16)19/h6-7,10,17H,5,8H2,1-4H3,(H2,16,19). The Labute approximate surface area is 118 Å². The van der Waals surface area contributed by atoms with Gasteiger partial charge in [-0.25, -0.2) is 9.37 Å². The predicted octanol–water partition coefficient (Wildman–Crippen LogP) is 2.13. The van der Waals surface area contributed by atoms with Gasteiger partial charge in [-0.15, -0.1) is 0 Å². The Morgan fingerprint density at radius 1 is 1.50 bits per heavy atom. The van der Waals surface area contributed by atoms with Crippen LogP contribution in [0.4, 0.5) is 4.39 Å². The molecule has 0 saturated heterocycles. The molecule has 0 aliphatic carbocycles. The van der Waals surface area contributed by atoms with Gasteiger partial charge < -0.3 is 10.5 Å². The maximum absolute atomic E-state index is 13.8. The summed E-state index contributed by atoms with van der Waals surface area (Å²) >= 11 is 0. The first kappa shape index (κ1) is 16.5. The van der Waals surface area contributed by atoms with Crippen molar-refractivity contribution in [1.82, 2.24) is 10.3 Å². The van der Waals surface area contributed by atoms with Crippen LogP contribution in [-0.2, 0) is 4.74 Å². The fraction of sp³-hybridized carbons (Fsp3) is 0.571. The Hall–Kier alpha value is -1.53. The largest absolute Gasteiger partial charge is 0.364 e. The average Bonchev–Trinajstić information content (AvgIpc) is 2.34. The molecule has 1 rings (SSSR count). The number of pyridine rings is 1. The molecule has 1 aromatic heterocycles. The summed E-state index contributed by atoms with van der Waals surface area (Å²) < 4.78 is 19.4. The van der Waals surface area contributed by atoms with Crippen molar-refractivity contribution in [3.8, 4) is 0 Å². The first-order valence-corrected chi connectivity index (χ1v) is 6.58. The highest BCUT2D eigenvalue weighted by atomic mass is 19.1. The number of nitrogens with two attached hydrogens (primary N) is 1. The number of nitrogens with zero attached hydrogens (tertiary/aromatic N) is 1. The quantitative estimate of drug-likeness (QED) is 0.784. The Bertz CT molecular complexity index is 472. The van der Waals surface area contributed by atoms with Crippen LogP contribution in [0.15, 0.2) is 12.1 Å². The van der Waals surface area contributed by atoms with Crippen LogP contribution in [-0.4, -0.2) is 23.2 Å². The van der Waals surface area contributed by atoms with Gasteiger partial charge in [-0.1, -0.05) is 6.92 Å². The molecule has 6 heteroatoms. The lowest BCUT2D eigenvalue weighted by atomic mass is 10.1. The van der Waals surface area contributed by atoms with Crippen LogP contribution in [0.2, 0.25) is 0 Å². The minimum Gasteiger partial charge on any atom is -0.364 e. The highest BCUT2D eigenvalue weighted by Gasteiger charge is 2.18. The van der Waals surface area contributed by atoms with Crippen molar-refractivity contribution < 1.29 is 13.9 Å². The van der Waals surface area contributed by atoms with Crippen molar-refractivity contribution >= 4 is 5.91 Å². The van der Waals surface area contributed by atoms with Gasteiger partial charge in [-0.2, -0.15) is 0 Å². The van der Waals surface area contributed by atoms with E-state index >= 15 is 0 Å². The van der Waals surface area contributed by atoms with Crippen LogP contribution in [0.5, 0.6) is 0 Å². The third kappa shape index (κ3) is 4.86. The molecule has 112 valence electrons. The van der Waals surface area contributed by atoms with Crippen LogP contribution >= 0.6 is 0 Å². The van der Waals surface area contributed by atoms with Crippen molar-refractivity contribution in [2.45, 2.75) is 45.8 Å². The van der Waals surface area contributed by atoms with Gasteiger partial charge in [0.1, 0.15) is 11.5 Å². The molecule has 1 amide bonds. The normalized spacial score (nSPS) is 13.2. The molecule has 0 aliphatic heterocycles. The third-order valence-corrected chi connectivity index (χ3v) is 2.70. The Kier molecular flexibility index (Phi) is 5.59. The van der Waals surface area contributed by atoms with Gasteiger partial charge in [0.2, 0.25) is 0 Å². The van der Waals surface area contributed by atoms with Crippen molar-refractivity contribution in [2.75, 3.05) is 6.73 Å². The molecule has 0 bridgehead atoms. The molecule has 0 aromatic carbocycles. The van der Waals surface area contributed by atoms with Gasteiger partial charge in [0.25, 0.3) is 5.91 Å². The van der Waals surface area contributed by atoms with E-state index < -0.39 is 11.7 Å². The van der Waals surface area contributed by atoms with Crippen molar-refractivity contribution in [3.05, 3.63) is 29.3 Å². The lowest BCUT2D eigenvalue weighted by Crippen LogP contribution is -2.31. The lowest BCUT2D eigenvalue weighted by molar-refractivity contribution is -0.0178. The number of ether oxygens (including phenoxy) is 1. The van der Waals surface area contributed by atoms with E-state index in [0.29, 0.717) is 6.42 Å². The van der Waals surface area contributed by atoms with Crippen LogP contribution in [0, 0.1) is 5.82 Å². The number of hydrogen-bond donors (Lipinski definition) is 2. The number of rotatable bonds is 6. The van der Waals surface area contributed by atoms with Crippen LogP contribution in [0.1, 0.15) is 56.3 Å². The summed E-state index contributed by atoms with van der Waals surface area (Å²) in [7, 11) is 0. The third-order valence-electron chi connectivity index (χ3n) is 2.70. The van der Waals surface area contributed by atoms with E-state index in [0.717, 1.165) is 0 Å². The summed E-state index contributed by atoms with van der Waals surface area (Å²) in [5, 5.41) is 3.07. The monoisotopic (exact) mass is 283 g/mol. The molecule has 0 spiro atoms. The summed E-state index contributed by atoms with van der Waals surface area (Å²) in [6.07, 6.45) is 0.611. The van der Waals surface area contributed by atoms with E-state index in [2.05, 4.69) is 10.3 Å². The highest BCUT2D eigenvalue weighted by Crippen LogP contribution is 2.19. The van der Waals surface area contributed by atoms with E-state index in [1.54, 1.807) is 0 Å². The minimum atomic E-state index is -0.674. The number of nitrogens with one attached hydrogen (secondary N) is 1. The summed E-state index contributed by atoms with van der Waals surface area (Å²) in [5.74, 6) is -1.14. The van der Waals surface area contributed by atoms with Crippen LogP contribution in [0.25, 0.3) is 0 Å². The number of carbonyl (C=O) groups excluding carboxylic acids is 1. The number of carbonyl (C=O) groups is 1. The minimum absolute atomic E-state index is 0.0541. The highest BCUT2D eigenvalue weighted by molar-refractivity contribution is 5.90. The summed E-state index contributed by atoms with van der Waals surface area (Å²) in [4.78, 5) is 15.1. The predicted molar refractivity (Wildman–Crippen MR) is 74.6 cm³/mol. The zero-order valence-corrected chi connectivity index (χ0v) is 12.4. The second-order valence-electron chi connectivity index (χ2n) is 5.49. The van der Waals surface area contributed by atoms with E-state index in [4.69, 9.17) is 10.5 Å². The topological polar surface area (TPSA) is 77.2 Å². The molecule has 0 saturated carbocycles. The number of amides is 1. The van der Waals surface area contributed by atoms with E-state index in [-0.39, 0.29) is 29.8 Å². The van der Waals surface area contributed by atoms with Crippen LogP contribution in [0.3, 0.4) is 0 Å². The molecule has 3 N–H and O–H groups in total. The zero-order valence-electron chi connectivity index (χ0n) is 12.4. The van der Waals surface area contributed by atoms with Crippen molar-refractivity contribution in [1.29, 1.82) is 0 Å². The molecular weight excluding hydrogens is 261 g/mol. The van der Waals surface area contributed by atoms with E-state index in [1.807, 2.05) is 27.7 Å². The molecule has 1 heterocycles. The number of primary amides is 1. The summed E-state index contributed by atoms with van der Waals surface area (Å²) in [5.41, 5.74) is 5.11. The maximum atomic E-state index is 13.8. The van der Waals surface area contributed by atoms with Gasteiger partial charge >= 0.3 is 0 Å². The molecule has 0 fully saturated rings. The first-order valence-electron chi connectivity index (χ1n) is 6.58. The van der Waals surface area contributed by atoms with Gasteiger partial charge in [-0.05, 0) is 39.3 Å². The maximum Gasteiger partial charge on any atom is 0.267 e. The molecule has 0 radical (unpaired) electrons. The fourth-order valence-corrected chi connectivity index (χ4v) is 1.63. The van der Waals surface area contributed by atoms with Crippen LogP contribution < -0.4 is 11.1 Å². The van der Waals surface area contributed by atoms with E-state index in [9.17, 15) is 9.18 Å². The molecule has 1 unspecified atom stereocenters. The number of hydrogen-bond acceptors (Lipinski definition) is 4. The average molecular weight is 283 g/mol. The molecule has 0 aliphatic rings. The van der Waals surface area contributed by atoms with Gasteiger partial charge in [0.15, 0.2) is 0 Å². The Balaban J connectivity index is 2.83. The number of halogens is 1. The summed E-state index contributed by atoms with van der Waals surface area (Å²) in [6.45, 7) is 7.96. The molecule has 20 heavy (non-hydrogen) atoms. The second-order valence-corrected chi connectivity index (χ2v) is 5.49. The molecule has 1 atom stereocenters. The van der Waals surface area contributed by atoms with Gasteiger partial charge in [-0.3, -0.25) is 10.1 Å². The smallest absolute Gasteiger partial charge is 0.267 e.